The average Bonchev–Trinajstić information content (AvgIpc) is 2.21. The first-order chi connectivity index (χ1) is 6.61. The lowest BCUT2D eigenvalue weighted by atomic mass is 10.1. The monoisotopic (exact) mass is 214 g/mol. The summed E-state index contributed by atoms with van der Waals surface area (Å²) in [6, 6.07) is 3.27. The van der Waals surface area contributed by atoms with Gasteiger partial charge in [-0.1, -0.05) is 11.6 Å². The molecule has 4 heteroatoms. The van der Waals surface area contributed by atoms with Crippen molar-refractivity contribution in [3.8, 4) is 5.75 Å². The van der Waals surface area contributed by atoms with Crippen LogP contribution in [0, 0.1) is 6.92 Å². The molecular formula is C10H11ClO3. The van der Waals surface area contributed by atoms with Crippen LogP contribution in [0.15, 0.2) is 12.1 Å². The van der Waals surface area contributed by atoms with E-state index >= 15 is 0 Å². The van der Waals surface area contributed by atoms with E-state index in [-0.39, 0.29) is 0 Å². The number of carbonyl (C=O) groups excluding carboxylic acids is 1. The van der Waals surface area contributed by atoms with Crippen LogP contribution in [0.5, 0.6) is 5.75 Å². The molecule has 0 aliphatic rings. The lowest BCUT2D eigenvalue weighted by Gasteiger charge is -2.09. The van der Waals surface area contributed by atoms with E-state index in [0.717, 1.165) is 0 Å². The second-order valence-corrected chi connectivity index (χ2v) is 3.12. The van der Waals surface area contributed by atoms with Gasteiger partial charge in [-0.05, 0) is 24.6 Å². The number of hydrogen-bond acceptors (Lipinski definition) is 3. The fourth-order valence-corrected chi connectivity index (χ4v) is 1.39. The van der Waals surface area contributed by atoms with Gasteiger partial charge in [0.25, 0.3) is 0 Å². The van der Waals surface area contributed by atoms with Crippen LogP contribution in [-0.4, -0.2) is 20.2 Å². The predicted molar refractivity (Wildman–Crippen MR) is 54.1 cm³/mol. The number of methoxy groups -OCH3 is 2. The lowest BCUT2D eigenvalue weighted by molar-refractivity contribution is 0.0600. The summed E-state index contributed by atoms with van der Waals surface area (Å²) in [7, 11) is 2.86. The van der Waals surface area contributed by atoms with Gasteiger partial charge >= 0.3 is 5.97 Å². The number of esters is 1. The van der Waals surface area contributed by atoms with Gasteiger partial charge in [0, 0.05) is 0 Å². The zero-order valence-electron chi connectivity index (χ0n) is 8.26. The van der Waals surface area contributed by atoms with Crippen LogP contribution in [0.4, 0.5) is 0 Å². The van der Waals surface area contributed by atoms with Gasteiger partial charge in [-0.3, -0.25) is 0 Å². The van der Waals surface area contributed by atoms with Gasteiger partial charge in [0.15, 0.2) is 0 Å². The molecule has 1 rings (SSSR count). The largest absolute Gasteiger partial charge is 0.495 e. The average molecular weight is 215 g/mol. The Morgan fingerprint density at radius 1 is 1.36 bits per heavy atom. The highest BCUT2D eigenvalue weighted by Gasteiger charge is 2.14. The molecule has 0 amide bonds. The summed E-state index contributed by atoms with van der Waals surface area (Å²) in [6.07, 6.45) is 0. The fraction of sp³-hybridized carbons (Fsp3) is 0.300. The van der Waals surface area contributed by atoms with Crippen molar-refractivity contribution in [2.75, 3.05) is 14.2 Å². The molecule has 1 aromatic carbocycles. The Bertz CT molecular complexity index is 361. The van der Waals surface area contributed by atoms with Crippen LogP contribution in [-0.2, 0) is 4.74 Å². The molecule has 14 heavy (non-hydrogen) atoms. The van der Waals surface area contributed by atoms with E-state index < -0.39 is 5.97 Å². The molecule has 0 aliphatic carbocycles. The molecule has 76 valence electrons. The SMILES string of the molecule is COC(=O)c1ccc(OC)c(Cl)c1C. The third-order valence-electron chi connectivity index (χ3n) is 1.98. The van der Waals surface area contributed by atoms with E-state index in [2.05, 4.69) is 4.74 Å². The molecular weight excluding hydrogens is 204 g/mol. The first-order valence-corrected chi connectivity index (χ1v) is 4.41. The van der Waals surface area contributed by atoms with Gasteiger partial charge < -0.3 is 9.47 Å². The minimum Gasteiger partial charge on any atom is -0.495 e. The maximum absolute atomic E-state index is 11.3. The number of ether oxygens (including phenoxy) is 2. The second-order valence-electron chi connectivity index (χ2n) is 2.75. The minimum absolute atomic E-state index is 0.396. The van der Waals surface area contributed by atoms with Crippen molar-refractivity contribution < 1.29 is 14.3 Å². The highest BCUT2D eigenvalue weighted by atomic mass is 35.5. The number of halogens is 1. The summed E-state index contributed by atoms with van der Waals surface area (Å²) in [6.45, 7) is 1.75. The van der Waals surface area contributed by atoms with E-state index in [1.165, 1.54) is 14.2 Å². The van der Waals surface area contributed by atoms with Gasteiger partial charge in [-0.15, -0.1) is 0 Å². The molecule has 0 bridgehead atoms. The third-order valence-corrected chi connectivity index (χ3v) is 2.45. The van der Waals surface area contributed by atoms with Gasteiger partial charge in [0.1, 0.15) is 5.75 Å². The first kappa shape index (κ1) is 10.9. The minimum atomic E-state index is -0.396. The molecule has 0 saturated heterocycles. The van der Waals surface area contributed by atoms with E-state index in [9.17, 15) is 4.79 Å². The quantitative estimate of drug-likeness (QED) is 0.710. The molecule has 3 nitrogen and oxygen atoms in total. The molecule has 0 aromatic heterocycles. The Morgan fingerprint density at radius 3 is 2.50 bits per heavy atom. The molecule has 0 radical (unpaired) electrons. The summed E-state index contributed by atoms with van der Waals surface area (Å²) in [5.41, 5.74) is 1.12. The summed E-state index contributed by atoms with van der Waals surface area (Å²) < 4.78 is 9.62. The Labute approximate surface area is 87.6 Å². The van der Waals surface area contributed by atoms with Crippen LogP contribution in [0.25, 0.3) is 0 Å². The zero-order valence-corrected chi connectivity index (χ0v) is 9.01. The Kier molecular flexibility index (Phi) is 3.36. The van der Waals surface area contributed by atoms with Crippen LogP contribution >= 0.6 is 11.6 Å². The molecule has 0 atom stereocenters. The Hall–Kier alpha value is -1.22. The number of benzene rings is 1. The molecule has 0 aliphatic heterocycles. The van der Waals surface area contributed by atoms with Gasteiger partial charge in [-0.2, -0.15) is 0 Å². The lowest BCUT2D eigenvalue weighted by Crippen LogP contribution is -2.04. The maximum Gasteiger partial charge on any atom is 0.338 e. The topological polar surface area (TPSA) is 35.5 Å². The zero-order chi connectivity index (χ0) is 10.7. The van der Waals surface area contributed by atoms with Crippen molar-refractivity contribution in [2.24, 2.45) is 0 Å². The van der Waals surface area contributed by atoms with E-state index in [0.29, 0.717) is 21.9 Å². The highest BCUT2D eigenvalue weighted by Crippen LogP contribution is 2.30. The molecule has 0 fully saturated rings. The molecule has 0 unspecified atom stereocenters. The van der Waals surface area contributed by atoms with E-state index in [4.69, 9.17) is 16.3 Å². The van der Waals surface area contributed by atoms with Gasteiger partial charge in [0.05, 0.1) is 24.8 Å². The van der Waals surface area contributed by atoms with Crippen molar-refractivity contribution in [1.82, 2.24) is 0 Å². The Morgan fingerprint density at radius 2 is 2.00 bits per heavy atom. The van der Waals surface area contributed by atoms with Gasteiger partial charge in [0.2, 0.25) is 0 Å². The number of carbonyl (C=O) groups is 1. The van der Waals surface area contributed by atoms with Crippen LogP contribution in [0.3, 0.4) is 0 Å². The first-order valence-electron chi connectivity index (χ1n) is 4.03. The normalized spacial score (nSPS) is 9.71. The van der Waals surface area contributed by atoms with Crippen molar-refractivity contribution in [3.63, 3.8) is 0 Å². The standard InChI is InChI=1S/C10H11ClO3/c1-6-7(10(12)14-3)4-5-8(13-2)9(6)11/h4-5H,1-3H3. The molecule has 0 spiro atoms. The van der Waals surface area contributed by atoms with Crippen LogP contribution < -0.4 is 4.74 Å². The van der Waals surface area contributed by atoms with Crippen molar-refractivity contribution >= 4 is 17.6 Å². The van der Waals surface area contributed by atoms with Crippen LogP contribution in [0.1, 0.15) is 15.9 Å². The molecule has 0 saturated carbocycles. The fourth-order valence-electron chi connectivity index (χ4n) is 1.15. The summed E-state index contributed by atoms with van der Waals surface area (Å²) in [5.74, 6) is 0.156. The second kappa shape index (κ2) is 4.33. The van der Waals surface area contributed by atoms with Crippen molar-refractivity contribution in [2.45, 2.75) is 6.92 Å². The maximum atomic E-state index is 11.3. The van der Waals surface area contributed by atoms with E-state index in [1.54, 1.807) is 19.1 Å². The van der Waals surface area contributed by atoms with Gasteiger partial charge in [-0.25, -0.2) is 4.79 Å². The number of hydrogen-bond donors (Lipinski definition) is 0. The van der Waals surface area contributed by atoms with Crippen LogP contribution in [0.2, 0.25) is 5.02 Å². The summed E-state index contributed by atoms with van der Waals surface area (Å²) >= 11 is 5.97. The third kappa shape index (κ3) is 1.82. The van der Waals surface area contributed by atoms with Crippen molar-refractivity contribution in [1.29, 1.82) is 0 Å². The summed E-state index contributed by atoms with van der Waals surface area (Å²) in [5, 5.41) is 0.440. The summed E-state index contributed by atoms with van der Waals surface area (Å²) in [4.78, 5) is 11.3. The molecule has 0 N–H and O–H groups in total. The highest BCUT2D eigenvalue weighted by molar-refractivity contribution is 6.33. The Balaban J connectivity index is 3.24. The molecule has 0 heterocycles. The predicted octanol–water partition coefficient (Wildman–Crippen LogP) is 2.44. The van der Waals surface area contributed by atoms with E-state index in [1.807, 2.05) is 0 Å². The molecule has 1 aromatic rings. The number of rotatable bonds is 2. The smallest absolute Gasteiger partial charge is 0.338 e. The van der Waals surface area contributed by atoms with Crippen molar-refractivity contribution in [3.05, 3.63) is 28.3 Å².